The van der Waals surface area contributed by atoms with Crippen LogP contribution < -0.4 is 16.2 Å². The Morgan fingerprint density at radius 1 is 1.37 bits per heavy atom. The third-order valence-electron chi connectivity index (χ3n) is 4.55. The fourth-order valence-corrected chi connectivity index (χ4v) is 4.27. The van der Waals surface area contributed by atoms with Crippen LogP contribution in [0.2, 0.25) is 5.02 Å². The minimum Gasteiger partial charge on any atom is -0.375 e. The number of halogens is 4. The van der Waals surface area contributed by atoms with E-state index >= 15 is 0 Å². The van der Waals surface area contributed by atoms with Crippen LogP contribution in [0.5, 0.6) is 0 Å². The first kappa shape index (κ1) is 24.1. The zero-order chi connectivity index (χ0) is 25.3. The highest BCUT2D eigenvalue weighted by atomic mass is 35.5. The van der Waals surface area contributed by atoms with E-state index < -0.39 is 23.3 Å². The molecule has 0 spiro atoms. The Hall–Kier alpha value is -4.04. The molecule has 3 aromatic heterocycles. The molecule has 10 nitrogen and oxygen atoms in total. The van der Waals surface area contributed by atoms with Crippen LogP contribution >= 0.6 is 22.9 Å². The maximum Gasteiger partial charge on any atom is 0.434 e. The molecule has 0 aliphatic carbocycles. The van der Waals surface area contributed by atoms with Crippen molar-refractivity contribution in [2.45, 2.75) is 13.1 Å². The maximum atomic E-state index is 14.1. The van der Waals surface area contributed by atoms with Gasteiger partial charge in [-0.25, -0.2) is 14.6 Å². The summed E-state index contributed by atoms with van der Waals surface area (Å²) in [6.45, 7) is 5.00. The van der Waals surface area contributed by atoms with Gasteiger partial charge in [0.15, 0.2) is 16.6 Å². The topological polar surface area (TPSA) is 127 Å². The van der Waals surface area contributed by atoms with Gasteiger partial charge in [-0.15, -0.1) is 5.12 Å². The largest absolute Gasteiger partial charge is 0.434 e. The van der Waals surface area contributed by atoms with Gasteiger partial charge in [0.2, 0.25) is 0 Å². The summed E-state index contributed by atoms with van der Waals surface area (Å²) in [6.07, 6.45) is -1.44. The van der Waals surface area contributed by atoms with Crippen molar-refractivity contribution < 1.29 is 18.0 Å². The Balaban J connectivity index is 1.72. The molecule has 35 heavy (non-hydrogen) atoms. The van der Waals surface area contributed by atoms with Crippen LogP contribution in [0.25, 0.3) is 15.9 Å². The summed E-state index contributed by atoms with van der Waals surface area (Å²) in [6, 6.07) is 5.87. The molecule has 0 saturated carbocycles. The molecule has 0 aliphatic heterocycles. The molecule has 0 radical (unpaired) electrons. The van der Waals surface area contributed by atoms with E-state index in [1.807, 2.05) is 0 Å². The number of hydrogen-bond acceptors (Lipinski definition) is 9. The van der Waals surface area contributed by atoms with Gasteiger partial charge in [-0.3, -0.25) is 4.79 Å². The Labute approximate surface area is 204 Å². The van der Waals surface area contributed by atoms with E-state index in [0.717, 1.165) is 22.7 Å². The van der Waals surface area contributed by atoms with Crippen LogP contribution in [0.15, 0.2) is 46.9 Å². The zero-order valence-electron chi connectivity index (χ0n) is 17.8. The Bertz CT molecular complexity index is 1460. The van der Waals surface area contributed by atoms with Crippen LogP contribution in [0, 0.1) is 0 Å². The van der Waals surface area contributed by atoms with Gasteiger partial charge in [0, 0.05) is 12.9 Å². The third kappa shape index (κ3) is 4.65. The predicted octanol–water partition coefficient (Wildman–Crippen LogP) is 4.81. The minimum absolute atomic E-state index is 0.0296. The van der Waals surface area contributed by atoms with Crippen LogP contribution in [-0.4, -0.2) is 38.6 Å². The average Bonchev–Trinajstić information content (AvgIpc) is 3.41. The molecule has 0 atom stereocenters. The number of hydrogen-bond donors (Lipinski definition) is 2. The Morgan fingerprint density at radius 2 is 2.14 bits per heavy atom. The number of amides is 1. The molecule has 0 aliphatic rings. The molecule has 0 fully saturated rings. The minimum atomic E-state index is -4.91. The molecule has 3 N–H and O–H groups in total. The Morgan fingerprint density at radius 3 is 2.80 bits per heavy atom. The summed E-state index contributed by atoms with van der Waals surface area (Å²) in [5.41, 5.74) is 4.31. The van der Waals surface area contributed by atoms with Gasteiger partial charge in [0.05, 0.1) is 44.6 Å². The molecule has 3 heterocycles. The Kier molecular flexibility index (Phi) is 6.41. The fraction of sp³-hybridized carbons (Fsp3) is 0.100. The van der Waals surface area contributed by atoms with Crippen LogP contribution in [0.4, 0.5) is 29.8 Å². The lowest BCUT2D eigenvalue weighted by Gasteiger charge is -2.14. The quantitative estimate of drug-likeness (QED) is 0.277. The van der Waals surface area contributed by atoms with Gasteiger partial charge < -0.3 is 11.1 Å². The van der Waals surface area contributed by atoms with E-state index in [9.17, 15) is 18.0 Å². The first-order chi connectivity index (χ1) is 16.6. The molecule has 1 aromatic carbocycles. The second-order valence-electron chi connectivity index (χ2n) is 6.78. The number of anilines is 3. The van der Waals surface area contributed by atoms with E-state index in [-0.39, 0.29) is 27.3 Å². The van der Waals surface area contributed by atoms with Crippen molar-refractivity contribution in [3.8, 4) is 5.69 Å². The number of nitrogen functional groups attached to an aromatic ring is 1. The number of carbonyl (C=O) groups is 1. The number of alkyl halides is 3. The summed E-state index contributed by atoms with van der Waals surface area (Å²) in [4.78, 5) is 21.0. The molecule has 4 aromatic rings. The highest BCUT2D eigenvalue weighted by Crippen LogP contribution is 2.37. The summed E-state index contributed by atoms with van der Waals surface area (Å²) in [5.74, 6) is -0.950. The molecule has 15 heteroatoms. The van der Waals surface area contributed by atoms with Crippen molar-refractivity contribution in [3.63, 3.8) is 0 Å². The first-order valence-corrected chi connectivity index (χ1v) is 10.9. The van der Waals surface area contributed by atoms with Crippen molar-refractivity contribution in [3.05, 3.63) is 52.9 Å². The number of hydrazone groups is 2. The number of fused-ring (bicyclic) bond motifs is 1. The van der Waals surface area contributed by atoms with Crippen molar-refractivity contribution in [1.29, 1.82) is 0 Å². The van der Waals surface area contributed by atoms with Gasteiger partial charge in [-0.05, 0) is 25.1 Å². The van der Waals surface area contributed by atoms with Crippen LogP contribution in [0.1, 0.15) is 23.0 Å². The van der Waals surface area contributed by atoms with Gasteiger partial charge in [-0.1, -0.05) is 29.0 Å². The highest BCUT2D eigenvalue weighted by Gasteiger charge is 2.41. The molecule has 180 valence electrons. The number of nitrogens with zero attached hydrogens (tertiary/aromatic N) is 7. The number of pyridine rings is 1. The first-order valence-electron chi connectivity index (χ1n) is 9.67. The lowest BCUT2D eigenvalue weighted by molar-refractivity contribution is -0.143. The summed E-state index contributed by atoms with van der Waals surface area (Å²) in [5, 5.41) is 15.0. The maximum absolute atomic E-state index is 14.1. The predicted molar refractivity (Wildman–Crippen MR) is 130 cm³/mol. The standard InChI is InChI=1S/C20H15ClF3N9OS/c1-3-28-33(26-2)17-12(21)7-10(8-27-17)30-18(34)11-9-29-32(16(11)20(22,23)24)14-6-4-5-13-15(14)35-19(25)31-13/h3-9H,2H2,1H3,(H2,25,31)(H,30,34)/b28-3-. The number of thiazole rings is 1. The van der Waals surface area contributed by atoms with E-state index in [0.29, 0.717) is 14.9 Å². The normalized spacial score (nSPS) is 11.8. The lowest BCUT2D eigenvalue weighted by Crippen LogP contribution is -2.21. The number of carbonyl (C=O) groups excluding carboxylic acids is 1. The summed E-state index contributed by atoms with van der Waals surface area (Å²) in [7, 11) is 0. The van der Waals surface area contributed by atoms with E-state index in [1.165, 1.54) is 30.6 Å². The second-order valence-corrected chi connectivity index (χ2v) is 8.22. The van der Waals surface area contributed by atoms with E-state index in [2.05, 4.69) is 37.3 Å². The van der Waals surface area contributed by atoms with Crippen molar-refractivity contribution >= 4 is 68.6 Å². The summed E-state index contributed by atoms with van der Waals surface area (Å²) < 4.78 is 43.4. The van der Waals surface area contributed by atoms with Crippen molar-refractivity contribution in [2.75, 3.05) is 16.2 Å². The van der Waals surface area contributed by atoms with Crippen LogP contribution in [-0.2, 0) is 6.18 Å². The monoisotopic (exact) mass is 521 g/mol. The molecule has 0 bridgehead atoms. The lowest BCUT2D eigenvalue weighted by atomic mass is 10.2. The van der Waals surface area contributed by atoms with Crippen molar-refractivity contribution in [1.82, 2.24) is 19.7 Å². The number of nitrogens with two attached hydrogens (primary N) is 1. The van der Waals surface area contributed by atoms with Crippen LogP contribution in [0.3, 0.4) is 0 Å². The average molecular weight is 522 g/mol. The number of benzene rings is 1. The molecular weight excluding hydrogens is 507 g/mol. The number of rotatable bonds is 6. The number of nitrogens with one attached hydrogen (secondary N) is 1. The molecule has 1 amide bonds. The SMILES string of the molecule is C=NN(/N=C\C)c1ncc(NC(=O)c2cnn(-c3cccc4nc(N)sc34)c2C(F)(F)F)cc1Cl. The zero-order valence-corrected chi connectivity index (χ0v) is 19.4. The van der Waals surface area contributed by atoms with E-state index in [4.69, 9.17) is 17.3 Å². The molecule has 0 saturated heterocycles. The van der Waals surface area contributed by atoms with Gasteiger partial charge in [-0.2, -0.15) is 28.5 Å². The third-order valence-corrected chi connectivity index (χ3v) is 5.75. The summed E-state index contributed by atoms with van der Waals surface area (Å²) >= 11 is 7.20. The molecule has 0 unspecified atom stereocenters. The fourth-order valence-electron chi connectivity index (χ4n) is 3.20. The molecular formula is C20H15ClF3N9OS. The molecule has 4 rings (SSSR count). The highest BCUT2D eigenvalue weighted by molar-refractivity contribution is 7.22. The van der Waals surface area contributed by atoms with Gasteiger partial charge in [0.25, 0.3) is 5.91 Å². The number of aromatic nitrogens is 4. The second kappa shape index (κ2) is 9.31. The van der Waals surface area contributed by atoms with Gasteiger partial charge in [0.1, 0.15) is 0 Å². The van der Waals surface area contributed by atoms with E-state index in [1.54, 1.807) is 13.0 Å². The smallest absolute Gasteiger partial charge is 0.375 e. The van der Waals surface area contributed by atoms with Crippen molar-refractivity contribution in [2.24, 2.45) is 10.2 Å². The van der Waals surface area contributed by atoms with Gasteiger partial charge >= 0.3 is 6.18 Å².